The van der Waals surface area contributed by atoms with Gasteiger partial charge in [-0.15, -0.1) is 0 Å². The predicted octanol–water partition coefficient (Wildman–Crippen LogP) is 4.08. The number of hydrogen-bond donors (Lipinski definition) is 0. The Hall–Kier alpha value is -2.37. The summed E-state index contributed by atoms with van der Waals surface area (Å²) < 4.78 is 2.39. The molecule has 1 aliphatic heterocycles. The molecule has 24 heavy (non-hydrogen) atoms. The standard InChI is InChI=1S/C22H19NP/c1-23-19-14-8-6-12-17(19)22-21(23)18-13-7-9-15-20(18)24(22,2)16-10-4-3-5-11-16/h3-15H,1-2H3/q+1. The van der Waals surface area contributed by atoms with Crippen molar-refractivity contribution < 1.29 is 0 Å². The van der Waals surface area contributed by atoms with Crippen molar-refractivity contribution in [3.8, 4) is 11.3 Å². The van der Waals surface area contributed by atoms with Crippen molar-refractivity contribution in [3.63, 3.8) is 0 Å². The summed E-state index contributed by atoms with van der Waals surface area (Å²) in [4.78, 5) is 0. The summed E-state index contributed by atoms with van der Waals surface area (Å²) in [5, 5.41) is 5.94. The average Bonchev–Trinajstić information content (AvgIpc) is 3.09. The van der Waals surface area contributed by atoms with Crippen LogP contribution in [0.25, 0.3) is 22.2 Å². The number of hydrogen-bond acceptors (Lipinski definition) is 0. The van der Waals surface area contributed by atoms with Crippen LogP contribution in [0.5, 0.6) is 0 Å². The van der Waals surface area contributed by atoms with E-state index in [1.165, 1.54) is 32.8 Å². The topological polar surface area (TPSA) is 4.93 Å². The summed E-state index contributed by atoms with van der Waals surface area (Å²) in [7, 11) is 0.609. The van der Waals surface area contributed by atoms with Gasteiger partial charge in [-0.3, -0.25) is 0 Å². The van der Waals surface area contributed by atoms with Crippen molar-refractivity contribution >= 4 is 34.1 Å². The van der Waals surface area contributed by atoms with E-state index in [2.05, 4.69) is 97.1 Å². The molecule has 0 N–H and O–H groups in total. The molecule has 1 atom stereocenters. The summed E-state index contributed by atoms with van der Waals surface area (Å²) in [6, 6.07) is 28.9. The van der Waals surface area contributed by atoms with Gasteiger partial charge in [0.05, 0.1) is 17.9 Å². The van der Waals surface area contributed by atoms with Crippen LogP contribution in [0.4, 0.5) is 0 Å². The number of nitrogens with zero attached hydrogens (tertiary/aromatic N) is 1. The SMILES string of the molecule is Cn1c2c(c3ccccc31)[P+](C)(c1ccccc1)c1ccccc1-2. The van der Waals surface area contributed by atoms with Gasteiger partial charge in [0.15, 0.2) is 0 Å². The normalized spacial score (nSPS) is 18.6. The zero-order chi connectivity index (χ0) is 16.3. The molecule has 0 bridgehead atoms. The van der Waals surface area contributed by atoms with Gasteiger partial charge in [-0.2, -0.15) is 0 Å². The molecule has 2 heterocycles. The van der Waals surface area contributed by atoms with E-state index in [-0.39, 0.29) is 0 Å². The van der Waals surface area contributed by atoms with Crippen molar-refractivity contribution in [3.05, 3.63) is 78.9 Å². The molecule has 0 aliphatic carbocycles. The molecule has 1 aromatic heterocycles. The van der Waals surface area contributed by atoms with Gasteiger partial charge in [0.1, 0.15) is 23.2 Å². The second-order valence-electron chi connectivity index (χ2n) is 6.63. The molecule has 1 nitrogen and oxygen atoms in total. The fraction of sp³-hybridized carbons (Fsp3) is 0.0909. The molecule has 0 saturated heterocycles. The lowest BCUT2D eigenvalue weighted by Crippen LogP contribution is -2.26. The zero-order valence-electron chi connectivity index (χ0n) is 13.9. The Morgan fingerprint density at radius 2 is 1.42 bits per heavy atom. The van der Waals surface area contributed by atoms with Crippen LogP contribution in [0.15, 0.2) is 78.9 Å². The predicted molar refractivity (Wildman–Crippen MR) is 107 cm³/mol. The smallest absolute Gasteiger partial charge is 0.138 e. The van der Waals surface area contributed by atoms with Crippen molar-refractivity contribution in [1.29, 1.82) is 0 Å². The van der Waals surface area contributed by atoms with E-state index >= 15 is 0 Å². The Kier molecular flexibility index (Phi) is 2.81. The lowest BCUT2D eigenvalue weighted by molar-refractivity contribution is 0.983. The van der Waals surface area contributed by atoms with Gasteiger partial charge in [0.25, 0.3) is 0 Å². The van der Waals surface area contributed by atoms with Crippen LogP contribution in [-0.2, 0) is 7.05 Å². The molecule has 0 fully saturated rings. The first-order valence-corrected chi connectivity index (χ1v) is 10.6. The molecule has 1 unspecified atom stereocenters. The summed E-state index contributed by atoms with van der Waals surface area (Å²) in [6.07, 6.45) is 0. The molecule has 5 rings (SSSR count). The number of rotatable bonds is 1. The van der Waals surface area contributed by atoms with Crippen LogP contribution in [0, 0.1) is 0 Å². The maximum atomic E-state index is 2.49. The second-order valence-corrected chi connectivity index (χ2v) is 10.1. The van der Waals surface area contributed by atoms with Gasteiger partial charge in [0, 0.05) is 18.0 Å². The van der Waals surface area contributed by atoms with E-state index in [4.69, 9.17) is 0 Å². The van der Waals surface area contributed by atoms with E-state index in [0.717, 1.165) is 0 Å². The molecular formula is C22H19NP+. The molecule has 0 amide bonds. The van der Waals surface area contributed by atoms with E-state index in [1.54, 1.807) is 5.30 Å². The van der Waals surface area contributed by atoms with E-state index in [1.807, 2.05) is 0 Å². The molecule has 2 heteroatoms. The minimum absolute atomic E-state index is 1.33. The first-order chi connectivity index (χ1) is 11.7. The van der Waals surface area contributed by atoms with E-state index < -0.39 is 7.26 Å². The Bertz CT molecular complexity index is 1080. The maximum Gasteiger partial charge on any atom is 0.138 e. The van der Waals surface area contributed by atoms with Crippen LogP contribution in [0.1, 0.15) is 0 Å². The van der Waals surface area contributed by atoms with Gasteiger partial charge in [-0.1, -0.05) is 42.5 Å². The zero-order valence-corrected chi connectivity index (χ0v) is 14.8. The molecule has 0 radical (unpaired) electrons. The summed E-state index contributed by atoms with van der Waals surface area (Å²) >= 11 is 0. The van der Waals surface area contributed by atoms with E-state index in [9.17, 15) is 0 Å². The molecule has 0 saturated carbocycles. The number of fused-ring (bicyclic) bond motifs is 5. The molecule has 1 aliphatic rings. The summed E-state index contributed by atoms with van der Waals surface area (Å²) in [5.41, 5.74) is 4.15. The molecule has 0 spiro atoms. The third kappa shape index (κ3) is 1.58. The van der Waals surface area contributed by atoms with Gasteiger partial charge >= 0.3 is 0 Å². The van der Waals surface area contributed by atoms with E-state index in [0.29, 0.717) is 0 Å². The first kappa shape index (κ1) is 14.0. The lowest BCUT2D eigenvalue weighted by Gasteiger charge is -2.19. The first-order valence-electron chi connectivity index (χ1n) is 8.33. The van der Waals surface area contributed by atoms with Crippen LogP contribution < -0.4 is 15.9 Å². The number of aromatic nitrogens is 1. The molecule has 3 aromatic carbocycles. The molecule has 116 valence electrons. The Morgan fingerprint density at radius 3 is 2.25 bits per heavy atom. The number of para-hydroxylation sites is 1. The number of benzene rings is 3. The van der Waals surface area contributed by atoms with Gasteiger partial charge in [0.2, 0.25) is 0 Å². The number of aryl methyl sites for hydroxylation is 1. The highest BCUT2D eigenvalue weighted by molar-refractivity contribution is 7.96. The Labute approximate surface area is 142 Å². The van der Waals surface area contributed by atoms with Crippen molar-refractivity contribution in [2.45, 2.75) is 0 Å². The summed E-state index contributed by atoms with van der Waals surface area (Å²) in [5.74, 6) is 0. The van der Waals surface area contributed by atoms with Crippen molar-refractivity contribution in [2.24, 2.45) is 7.05 Å². The van der Waals surface area contributed by atoms with Crippen molar-refractivity contribution in [2.75, 3.05) is 6.66 Å². The summed E-state index contributed by atoms with van der Waals surface area (Å²) in [6.45, 7) is 2.49. The Balaban J connectivity index is 2.00. The fourth-order valence-corrected chi connectivity index (χ4v) is 8.27. The highest BCUT2D eigenvalue weighted by Crippen LogP contribution is 2.61. The van der Waals surface area contributed by atoms with Crippen molar-refractivity contribution in [1.82, 2.24) is 4.57 Å². The maximum absolute atomic E-state index is 2.49. The Morgan fingerprint density at radius 1 is 0.750 bits per heavy atom. The largest absolute Gasteiger partial charge is 0.340 e. The fourth-order valence-electron chi connectivity index (χ4n) is 4.31. The third-order valence-electron chi connectivity index (χ3n) is 5.44. The quantitative estimate of drug-likeness (QED) is 0.464. The monoisotopic (exact) mass is 328 g/mol. The minimum atomic E-state index is -1.60. The van der Waals surface area contributed by atoms with Crippen LogP contribution in [0.2, 0.25) is 0 Å². The molecular weight excluding hydrogens is 309 g/mol. The lowest BCUT2D eigenvalue weighted by atomic mass is 10.1. The van der Waals surface area contributed by atoms with Gasteiger partial charge < -0.3 is 4.57 Å². The second kappa shape index (κ2) is 4.82. The highest BCUT2D eigenvalue weighted by atomic mass is 31.2. The van der Waals surface area contributed by atoms with Crippen LogP contribution >= 0.6 is 7.26 Å². The third-order valence-corrected chi connectivity index (χ3v) is 9.47. The van der Waals surface area contributed by atoms with Crippen LogP contribution in [0.3, 0.4) is 0 Å². The average molecular weight is 328 g/mol. The van der Waals surface area contributed by atoms with Gasteiger partial charge in [-0.05, 0) is 36.4 Å². The van der Waals surface area contributed by atoms with Gasteiger partial charge in [-0.25, -0.2) is 0 Å². The van der Waals surface area contributed by atoms with Crippen LogP contribution in [-0.4, -0.2) is 11.2 Å². The minimum Gasteiger partial charge on any atom is -0.340 e. The highest BCUT2D eigenvalue weighted by Gasteiger charge is 2.52. The molecule has 4 aromatic rings.